The van der Waals surface area contributed by atoms with Crippen molar-refractivity contribution in [2.75, 3.05) is 40.8 Å². The molecule has 0 aliphatic heterocycles. The van der Waals surface area contributed by atoms with Gasteiger partial charge in [0.05, 0.1) is 27.7 Å². The number of hydrogen-bond acceptors (Lipinski definition) is 6. The van der Waals surface area contributed by atoms with Crippen molar-refractivity contribution >= 4 is 23.7 Å². The van der Waals surface area contributed by atoms with Gasteiger partial charge in [-0.15, -0.1) is 0 Å². The largest absolute Gasteiger partial charge is 0.662 e. The number of nitrogens with zero attached hydrogens (tertiary/aromatic N) is 3. The van der Waals surface area contributed by atoms with E-state index in [4.69, 9.17) is 16.7 Å². The molecule has 0 saturated carbocycles. The van der Waals surface area contributed by atoms with Crippen LogP contribution in [0.4, 0.5) is 0 Å². The number of carbonyl (C=O) groups excluding carboxylic acids is 2. The highest BCUT2D eigenvalue weighted by Crippen LogP contribution is 1.97. The van der Waals surface area contributed by atoms with Crippen molar-refractivity contribution in [2.45, 2.75) is 33.1 Å². The van der Waals surface area contributed by atoms with Crippen LogP contribution in [0.1, 0.15) is 33.1 Å². The minimum absolute atomic E-state index is 0.0329. The highest BCUT2D eigenvalue weighted by Gasteiger charge is 2.05. The number of carbonyl (C=O) groups is 2. The average molecular weight is 360 g/mol. The average Bonchev–Trinajstić information content (AvgIpc) is 2.51. The number of nitrogens with one attached hydrogen (secondary N) is 1. The van der Waals surface area contributed by atoms with Gasteiger partial charge in [-0.3, -0.25) is 19.9 Å². The van der Waals surface area contributed by atoms with E-state index in [9.17, 15) is 9.59 Å². The highest BCUT2D eigenvalue weighted by molar-refractivity contribution is 5.97. The van der Waals surface area contributed by atoms with Crippen molar-refractivity contribution < 1.29 is 24.2 Å². The normalized spacial score (nSPS) is 12.1. The topological polar surface area (TPSA) is 155 Å². The second-order valence-corrected chi connectivity index (χ2v) is 6.28. The Morgan fingerprint density at radius 3 is 2.08 bits per heavy atom. The molecular formula is C15H32N6O4. The van der Waals surface area contributed by atoms with Gasteiger partial charge in [-0.05, 0) is 12.8 Å². The fourth-order valence-electron chi connectivity index (χ4n) is 1.39. The van der Waals surface area contributed by atoms with Gasteiger partial charge in [0.2, 0.25) is 0 Å². The summed E-state index contributed by atoms with van der Waals surface area (Å²) in [6.45, 7) is 4.66. The van der Waals surface area contributed by atoms with Crippen molar-refractivity contribution in [3.63, 3.8) is 0 Å². The maximum atomic E-state index is 11.1. The molecule has 0 bridgehead atoms. The Kier molecular flexibility index (Phi) is 14.2. The standard InChI is InChI=1S/C13H29N6O.C2H4O3/c1-5-11(20)10-17-13(15)18-12(14)16-8-6-7-9-19(2,3)4;1-2(3)5-4/h5-10H2,1-4H3,(H5,14,15,16,17,18);4H,1H3/q+1;/p-1. The third-order valence-electron chi connectivity index (χ3n) is 2.71. The van der Waals surface area contributed by atoms with E-state index in [-0.39, 0.29) is 24.2 Å². The lowest BCUT2D eigenvalue weighted by molar-refractivity contribution is -0.870. The van der Waals surface area contributed by atoms with E-state index in [2.05, 4.69) is 41.3 Å². The zero-order valence-corrected chi connectivity index (χ0v) is 15.9. The Hall–Kier alpha value is -2.20. The van der Waals surface area contributed by atoms with Gasteiger partial charge < -0.3 is 26.1 Å². The van der Waals surface area contributed by atoms with Crippen LogP contribution < -0.4 is 22.0 Å². The van der Waals surface area contributed by atoms with Crippen LogP contribution in [0, 0.1) is 0 Å². The number of quaternary nitrogens is 1. The molecule has 0 rings (SSSR count). The molecule has 10 heteroatoms. The third kappa shape index (κ3) is 21.8. The molecule has 0 heterocycles. The van der Waals surface area contributed by atoms with Crippen LogP contribution in [0.15, 0.2) is 9.98 Å². The zero-order chi connectivity index (χ0) is 19.9. The fraction of sp³-hybridized carbons (Fsp3) is 0.733. The third-order valence-corrected chi connectivity index (χ3v) is 2.71. The Labute approximate surface area is 149 Å². The summed E-state index contributed by atoms with van der Waals surface area (Å²) in [6, 6.07) is 0. The molecule has 0 unspecified atom stereocenters. The predicted molar refractivity (Wildman–Crippen MR) is 95.3 cm³/mol. The summed E-state index contributed by atoms with van der Waals surface area (Å²) in [6.07, 6.45) is 2.52. The summed E-state index contributed by atoms with van der Waals surface area (Å²) in [5.41, 5.74) is 11.3. The molecule has 10 nitrogen and oxygen atoms in total. The van der Waals surface area contributed by atoms with Crippen LogP contribution >= 0.6 is 0 Å². The Morgan fingerprint density at radius 2 is 1.64 bits per heavy atom. The molecule has 0 radical (unpaired) electrons. The van der Waals surface area contributed by atoms with Crippen molar-refractivity contribution in [3.05, 3.63) is 0 Å². The molecule has 146 valence electrons. The second-order valence-electron chi connectivity index (χ2n) is 6.28. The number of guanidine groups is 2. The number of aliphatic imine (C=N–C) groups is 2. The first kappa shape index (κ1) is 25.0. The molecule has 5 N–H and O–H groups in total. The molecular weight excluding hydrogens is 328 g/mol. The maximum absolute atomic E-state index is 11.1. The first-order valence-electron chi connectivity index (χ1n) is 8.01. The molecule has 0 aliphatic carbocycles. The van der Waals surface area contributed by atoms with Gasteiger partial charge in [-0.1, -0.05) is 6.92 Å². The molecule has 0 aliphatic rings. The van der Waals surface area contributed by atoms with Crippen LogP contribution in [-0.4, -0.2) is 68.9 Å². The minimum atomic E-state index is -0.801. The van der Waals surface area contributed by atoms with E-state index in [0.29, 0.717) is 13.0 Å². The predicted octanol–water partition coefficient (Wildman–Crippen LogP) is -1.50. The van der Waals surface area contributed by atoms with E-state index in [1.165, 1.54) is 0 Å². The Morgan fingerprint density at radius 1 is 1.12 bits per heavy atom. The van der Waals surface area contributed by atoms with Crippen molar-refractivity contribution in [3.8, 4) is 0 Å². The summed E-state index contributed by atoms with van der Waals surface area (Å²) in [5, 5.41) is 11.4. The van der Waals surface area contributed by atoms with Crippen LogP contribution in [0.5, 0.6) is 0 Å². The van der Waals surface area contributed by atoms with Crippen molar-refractivity contribution in [1.29, 1.82) is 0 Å². The van der Waals surface area contributed by atoms with Crippen molar-refractivity contribution in [1.82, 2.24) is 5.32 Å². The number of Topliss-reactive ketones (excluding diaryl/α,β-unsaturated/α-hetero) is 1. The quantitative estimate of drug-likeness (QED) is 0.119. The lowest BCUT2D eigenvalue weighted by atomic mass is 10.3. The molecule has 0 atom stereocenters. The number of ketones is 1. The lowest BCUT2D eigenvalue weighted by Gasteiger charge is -2.23. The summed E-state index contributed by atoms with van der Waals surface area (Å²) in [4.78, 5) is 31.3. The Bertz CT molecular complexity index is 457. The summed E-state index contributed by atoms with van der Waals surface area (Å²) in [7, 11) is 6.48. The molecule has 0 aromatic rings. The van der Waals surface area contributed by atoms with E-state index in [0.717, 1.165) is 30.8 Å². The smallest absolute Gasteiger partial charge is 0.296 e. The van der Waals surface area contributed by atoms with Gasteiger partial charge in [0.15, 0.2) is 17.7 Å². The van der Waals surface area contributed by atoms with E-state index in [1.54, 1.807) is 6.92 Å². The summed E-state index contributed by atoms with van der Waals surface area (Å²) >= 11 is 0. The van der Waals surface area contributed by atoms with Gasteiger partial charge in [0.25, 0.3) is 5.97 Å². The highest BCUT2D eigenvalue weighted by atomic mass is 17.1. The van der Waals surface area contributed by atoms with Gasteiger partial charge in [0.1, 0.15) is 6.54 Å². The molecule has 25 heavy (non-hydrogen) atoms. The molecule has 0 saturated heterocycles. The molecule has 0 amide bonds. The second kappa shape index (κ2) is 14.2. The van der Waals surface area contributed by atoms with Crippen LogP contribution in [0.2, 0.25) is 0 Å². The molecule has 0 aromatic heterocycles. The lowest BCUT2D eigenvalue weighted by Crippen LogP contribution is -2.42. The van der Waals surface area contributed by atoms with Crippen LogP contribution in [-0.2, 0) is 14.5 Å². The SMILES string of the molecule is CC(=O)O[O-].CCC(=O)CN=C(N)NC(N)=NCCCC[N+](C)(C)C. The number of hydrogen-bond donors (Lipinski definition) is 3. The van der Waals surface area contributed by atoms with E-state index >= 15 is 0 Å². The van der Waals surface area contributed by atoms with Crippen LogP contribution in [0.25, 0.3) is 0 Å². The van der Waals surface area contributed by atoms with Gasteiger partial charge in [-0.25, -0.2) is 4.99 Å². The van der Waals surface area contributed by atoms with Crippen molar-refractivity contribution in [2.24, 2.45) is 21.5 Å². The number of nitrogens with two attached hydrogens (primary N) is 2. The molecule has 0 aromatic carbocycles. The van der Waals surface area contributed by atoms with Gasteiger partial charge >= 0.3 is 0 Å². The zero-order valence-electron chi connectivity index (χ0n) is 15.9. The Balaban J connectivity index is 0. The van der Waals surface area contributed by atoms with Crippen LogP contribution in [0.3, 0.4) is 0 Å². The first-order chi connectivity index (χ1) is 11.5. The molecule has 0 spiro atoms. The van der Waals surface area contributed by atoms with Gasteiger partial charge in [0, 0.05) is 19.9 Å². The number of unbranched alkanes of at least 4 members (excludes halogenated alkanes) is 1. The maximum Gasteiger partial charge on any atom is 0.296 e. The minimum Gasteiger partial charge on any atom is -0.662 e. The number of rotatable bonds is 8. The van der Waals surface area contributed by atoms with E-state index in [1.807, 2.05) is 0 Å². The van der Waals surface area contributed by atoms with Gasteiger partial charge in [-0.2, -0.15) is 0 Å². The van der Waals surface area contributed by atoms with E-state index < -0.39 is 5.97 Å². The summed E-state index contributed by atoms with van der Waals surface area (Å²) < 4.78 is 0.947. The monoisotopic (exact) mass is 360 g/mol. The fourth-order valence-corrected chi connectivity index (χ4v) is 1.39. The first-order valence-corrected chi connectivity index (χ1v) is 8.01. The summed E-state index contributed by atoms with van der Waals surface area (Å²) in [5.74, 6) is -0.407. The molecule has 0 fully saturated rings.